The first-order valence-corrected chi connectivity index (χ1v) is 11.4. The molecule has 0 aliphatic carbocycles. The first kappa shape index (κ1) is 18.5. The maximum atomic E-state index is 13.0. The summed E-state index contributed by atoms with van der Waals surface area (Å²) in [5.41, 5.74) is 4.32. The summed E-state index contributed by atoms with van der Waals surface area (Å²) in [4.78, 5) is 14.9. The second-order valence-corrected chi connectivity index (χ2v) is 8.91. The molecule has 2 atom stereocenters. The van der Waals surface area contributed by atoms with Gasteiger partial charge in [0.25, 0.3) is 11.1 Å². The fourth-order valence-corrected chi connectivity index (χ4v) is 5.66. The molecule has 3 aromatic rings. The molecular formula is C25H21N3O2S. The molecule has 0 bridgehead atoms. The molecule has 3 aliphatic heterocycles. The average Bonchev–Trinajstić information content (AvgIpc) is 3.40. The molecule has 5 nitrogen and oxygen atoms in total. The van der Waals surface area contributed by atoms with Gasteiger partial charge in [-0.1, -0.05) is 90.6 Å². The van der Waals surface area contributed by atoms with Gasteiger partial charge in [0.15, 0.2) is 0 Å². The summed E-state index contributed by atoms with van der Waals surface area (Å²) in [7, 11) is 0. The molecule has 1 spiro atoms. The van der Waals surface area contributed by atoms with E-state index >= 15 is 0 Å². The van der Waals surface area contributed by atoms with Crippen LogP contribution in [-0.4, -0.2) is 32.5 Å². The van der Waals surface area contributed by atoms with Gasteiger partial charge >= 0.3 is 0 Å². The molecule has 31 heavy (non-hydrogen) atoms. The van der Waals surface area contributed by atoms with E-state index in [1.165, 1.54) is 11.8 Å². The van der Waals surface area contributed by atoms with Gasteiger partial charge in [-0.25, -0.2) is 5.01 Å². The van der Waals surface area contributed by atoms with E-state index in [2.05, 4.69) is 18.2 Å². The van der Waals surface area contributed by atoms with Crippen LogP contribution in [0, 0.1) is 0 Å². The highest BCUT2D eigenvalue weighted by Crippen LogP contribution is 2.51. The van der Waals surface area contributed by atoms with Gasteiger partial charge in [-0.3, -0.25) is 9.69 Å². The third-order valence-corrected chi connectivity index (χ3v) is 7.12. The molecule has 1 fully saturated rings. The Morgan fingerprint density at radius 1 is 0.968 bits per heavy atom. The highest BCUT2D eigenvalue weighted by Gasteiger charge is 2.59. The number of para-hydroxylation sites is 1. The second-order valence-electron chi connectivity index (χ2n) is 7.99. The Hall–Kier alpha value is -3.25. The van der Waals surface area contributed by atoms with Gasteiger partial charge in [0.2, 0.25) is 0 Å². The van der Waals surface area contributed by atoms with Crippen molar-refractivity contribution in [2.24, 2.45) is 5.10 Å². The average molecular weight is 428 g/mol. The number of nitrogens with zero attached hydrogens (tertiary/aromatic N) is 3. The fraction of sp³-hybridized carbons (Fsp3) is 0.200. The van der Waals surface area contributed by atoms with Crippen molar-refractivity contribution in [2.75, 3.05) is 5.75 Å². The molecule has 3 aliphatic rings. The largest absolute Gasteiger partial charge is 0.447 e. The van der Waals surface area contributed by atoms with Gasteiger partial charge in [0.05, 0.1) is 24.1 Å². The monoisotopic (exact) mass is 427 g/mol. The van der Waals surface area contributed by atoms with Crippen molar-refractivity contribution < 1.29 is 9.53 Å². The Kier molecular flexibility index (Phi) is 4.28. The van der Waals surface area contributed by atoms with Crippen LogP contribution in [0.3, 0.4) is 0 Å². The van der Waals surface area contributed by atoms with Gasteiger partial charge < -0.3 is 4.74 Å². The summed E-state index contributed by atoms with van der Waals surface area (Å²) in [5.74, 6) is 0.406. The van der Waals surface area contributed by atoms with E-state index in [0.717, 1.165) is 34.6 Å². The van der Waals surface area contributed by atoms with E-state index in [9.17, 15) is 4.79 Å². The van der Waals surface area contributed by atoms with Crippen LogP contribution >= 0.6 is 11.8 Å². The van der Waals surface area contributed by atoms with E-state index in [0.29, 0.717) is 12.3 Å². The predicted octanol–water partition coefficient (Wildman–Crippen LogP) is 5.25. The molecule has 1 saturated heterocycles. The lowest BCUT2D eigenvalue weighted by Gasteiger charge is -2.48. The lowest BCUT2D eigenvalue weighted by molar-refractivity contribution is -0.180. The standard InChI is InChI=1S/C25H21N3O2S/c29-24-27(16-18-9-3-1-4-10-18)25(17-31-24)28-22(20-13-7-8-14-23(20)30-25)15-21(26-28)19-11-5-2-6-12-19/h1-14,22H,15-17H2/t22-,25+/m0/s1. The van der Waals surface area contributed by atoms with Crippen LogP contribution in [0.5, 0.6) is 5.75 Å². The molecule has 1 amide bonds. The zero-order chi connectivity index (χ0) is 20.8. The Bertz CT molecular complexity index is 1170. The van der Waals surface area contributed by atoms with Crippen LogP contribution < -0.4 is 4.74 Å². The molecule has 6 heteroatoms. The molecule has 0 N–H and O–H groups in total. The van der Waals surface area contributed by atoms with Crippen molar-refractivity contribution in [3.05, 3.63) is 102 Å². The predicted molar refractivity (Wildman–Crippen MR) is 122 cm³/mol. The number of rotatable bonds is 3. The van der Waals surface area contributed by atoms with Crippen molar-refractivity contribution in [1.29, 1.82) is 0 Å². The molecular weight excluding hydrogens is 406 g/mol. The summed E-state index contributed by atoms with van der Waals surface area (Å²) in [6, 6.07) is 28.5. The van der Waals surface area contributed by atoms with Gasteiger partial charge in [-0.2, -0.15) is 5.10 Å². The number of amides is 1. The highest BCUT2D eigenvalue weighted by molar-refractivity contribution is 8.13. The summed E-state index contributed by atoms with van der Waals surface area (Å²) < 4.78 is 6.64. The Labute approximate surface area is 185 Å². The topological polar surface area (TPSA) is 45.1 Å². The van der Waals surface area contributed by atoms with Gasteiger partial charge in [-0.15, -0.1) is 0 Å². The van der Waals surface area contributed by atoms with Crippen molar-refractivity contribution in [3.63, 3.8) is 0 Å². The molecule has 0 unspecified atom stereocenters. The van der Waals surface area contributed by atoms with Crippen LogP contribution in [0.2, 0.25) is 0 Å². The van der Waals surface area contributed by atoms with Crippen molar-refractivity contribution >= 4 is 22.7 Å². The quantitative estimate of drug-likeness (QED) is 0.573. The minimum Gasteiger partial charge on any atom is -0.447 e. The van der Waals surface area contributed by atoms with Gasteiger partial charge in [-0.05, 0) is 17.2 Å². The molecule has 3 heterocycles. The number of carbonyl (C=O) groups is 1. The van der Waals surface area contributed by atoms with E-state index in [4.69, 9.17) is 9.84 Å². The SMILES string of the molecule is O=C1SC[C@@]2(Oc3ccccc3[C@@H]3CC(c4ccccc4)=NN32)N1Cc1ccccc1. The Morgan fingerprint density at radius 3 is 2.48 bits per heavy atom. The maximum Gasteiger partial charge on any atom is 0.292 e. The van der Waals surface area contributed by atoms with Crippen molar-refractivity contribution in [1.82, 2.24) is 9.91 Å². The minimum atomic E-state index is -0.937. The third kappa shape index (κ3) is 2.93. The van der Waals surface area contributed by atoms with Crippen LogP contribution in [0.15, 0.2) is 90.0 Å². The molecule has 3 aromatic carbocycles. The number of benzene rings is 3. The zero-order valence-corrected chi connectivity index (χ0v) is 17.7. The number of hydrogen-bond donors (Lipinski definition) is 0. The minimum absolute atomic E-state index is 0.0188. The fourth-order valence-electron chi connectivity index (χ4n) is 4.63. The van der Waals surface area contributed by atoms with Gasteiger partial charge in [0.1, 0.15) is 5.75 Å². The molecule has 0 saturated carbocycles. The van der Waals surface area contributed by atoms with Crippen LogP contribution in [0.1, 0.15) is 29.2 Å². The maximum absolute atomic E-state index is 13.0. The summed E-state index contributed by atoms with van der Waals surface area (Å²) in [6.07, 6.45) is 0.782. The third-order valence-electron chi connectivity index (χ3n) is 6.14. The number of carbonyl (C=O) groups excluding carboxylic acids is 1. The normalized spacial score (nSPS) is 24.1. The smallest absolute Gasteiger partial charge is 0.292 e. The Balaban J connectivity index is 1.47. The summed E-state index contributed by atoms with van der Waals surface area (Å²) >= 11 is 1.30. The van der Waals surface area contributed by atoms with E-state index in [1.54, 1.807) is 0 Å². The van der Waals surface area contributed by atoms with Gasteiger partial charge in [0, 0.05) is 12.0 Å². The molecule has 0 radical (unpaired) electrons. The Morgan fingerprint density at radius 2 is 1.68 bits per heavy atom. The van der Waals surface area contributed by atoms with Crippen molar-refractivity contribution in [3.8, 4) is 5.75 Å². The van der Waals surface area contributed by atoms with E-state index in [-0.39, 0.29) is 11.3 Å². The number of ether oxygens (including phenoxy) is 1. The first-order valence-electron chi connectivity index (χ1n) is 10.4. The van der Waals surface area contributed by atoms with Crippen LogP contribution in [-0.2, 0) is 6.54 Å². The number of thioether (sulfide) groups is 1. The number of fused-ring (bicyclic) bond motifs is 4. The molecule has 6 rings (SSSR count). The van der Waals surface area contributed by atoms with E-state index < -0.39 is 5.85 Å². The zero-order valence-electron chi connectivity index (χ0n) is 16.8. The second kappa shape index (κ2) is 7.17. The highest BCUT2D eigenvalue weighted by atomic mass is 32.2. The van der Waals surface area contributed by atoms with Crippen molar-refractivity contribution in [2.45, 2.75) is 24.9 Å². The lowest BCUT2D eigenvalue weighted by atomic mass is 9.96. The lowest BCUT2D eigenvalue weighted by Crippen LogP contribution is -2.63. The summed E-state index contributed by atoms with van der Waals surface area (Å²) in [5, 5.41) is 7.12. The molecule has 0 aromatic heterocycles. The van der Waals surface area contributed by atoms with Crippen LogP contribution in [0.4, 0.5) is 4.79 Å². The summed E-state index contributed by atoms with van der Waals surface area (Å²) in [6.45, 7) is 0.480. The number of hydrazone groups is 1. The van der Waals surface area contributed by atoms with E-state index in [1.807, 2.05) is 76.6 Å². The first-order chi connectivity index (χ1) is 15.2. The molecule has 154 valence electrons. The van der Waals surface area contributed by atoms with Crippen LogP contribution in [0.25, 0.3) is 0 Å². The number of hydrogen-bond acceptors (Lipinski definition) is 5.